The van der Waals surface area contributed by atoms with Gasteiger partial charge < -0.3 is 25.6 Å². The molecule has 7 nitrogen and oxygen atoms in total. The second-order valence-electron chi connectivity index (χ2n) is 7.86. The van der Waals surface area contributed by atoms with Gasteiger partial charge in [-0.1, -0.05) is 12.1 Å². The van der Waals surface area contributed by atoms with E-state index in [1.165, 1.54) is 19.3 Å². The second-order valence-corrected chi connectivity index (χ2v) is 7.86. The van der Waals surface area contributed by atoms with Gasteiger partial charge in [-0.3, -0.25) is 4.79 Å². The predicted molar refractivity (Wildman–Crippen MR) is 130 cm³/mol. The first-order chi connectivity index (χ1) is 16.1. The Hall–Kier alpha value is -3.81. The number of hydrogen-bond donors (Lipinski definition) is 3. The number of para-hydroxylation sites is 1. The molecule has 0 aliphatic carbocycles. The number of nitrogens with one attached hydrogen (secondary N) is 3. The minimum atomic E-state index is -0.528. The van der Waals surface area contributed by atoms with E-state index in [0.29, 0.717) is 22.8 Å². The van der Waals surface area contributed by atoms with E-state index in [4.69, 9.17) is 4.74 Å². The Labute approximate surface area is 193 Å². The number of amides is 1. The summed E-state index contributed by atoms with van der Waals surface area (Å²) in [5, 5.41) is 8.82. The largest absolute Gasteiger partial charge is 0.494 e. The summed E-state index contributed by atoms with van der Waals surface area (Å²) in [6.07, 6.45) is 4.80. The first kappa shape index (κ1) is 22.4. The number of halogens is 1. The van der Waals surface area contributed by atoms with Gasteiger partial charge in [-0.05, 0) is 43.5 Å². The van der Waals surface area contributed by atoms with E-state index < -0.39 is 5.82 Å². The van der Waals surface area contributed by atoms with E-state index in [1.54, 1.807) is 44.5 Å². The number of hydrogen-bond acceptors (Lipinski definition) is 6. The summed E-state index contributed by atoms with van der Waals surface area (Å²) in [4.78, 5) is 18.7. The number of carbonyl (C=O) groups is 1. The fourth-order valence-corrected chi connectivity index (χ4v) is 3.94. The second kappa shape index (κ2) is 10.2. The molecule has 3 N–H and O–H groups in total. The molecule has 0 spiro atoms. The molecule has 0 saturated carbocycles. The zero-order valence-electron chi connectivity index (χ0n) is 18.8. The number of aromatic nitrogens is 1. The topological polar surface area (TPSA) is 78.5 Å². The third-order valence-corrected chi connectivity index (χ3v) is 5.69. The third kappa shape index (κ3) is 5.16. The molecule has 172 valence electrons. The Bertz CT molecular complexity index is 1130. The Balaban J connectivity index is 1.57. The molecule has 1 amide bonds. The summed E-state index contributed by atoms with van der Waals surface area (Å²) >= 11 is 0. The number of rotatable bonds is 7. The summed E-state index contributed by atoms with van der Waals surface area (Å²) in [5.74, 6) is 0.341. The molecule has 0 radical (unpaired) electrons. The van der Waals surface area contributed by atoms with Gasteiger partial charge in [0.05, 0.1) is 35.9 Å². The van der Waals surface area contributed by atoms with Crippen molar-refractivity contribution in [3.8, 4) is 5.75 Å². The fourth-order valence-electron chi connectivity index (χ4n) is 3.94. The Morgan fingerprint density at radius 1 is 1.00 bits per heavy atom. The normalized spacial score (nSPS) is 13.4. The number of piperidine rings is 1. The molecule has 2 aromatic carbocycles. The number of benzene rings is 2. The zero-order valence-corrected chi connectivity index (χ0v) is 18.8. The quantitative estimate of drug-likeness (QED) is 0.468. The lowest BCUT2D eigenvalue weighted by Crippen LogP contribution is -2.29. The lowest BCUT2D eigenvalue weighted by molar-refractivity contribution is 0.0964. The lowest BCUT2D eigenvalue weighted by Gasteiger charge is -2.29. The van der Waals surface area contributed by atoms with Crippen LogP contribution in [0.2, 0.25) is 0 Å². The van der Waals surface area contributed by atoms with Crippen LogP contribution < -0.4 is 25.6 Å². The van der Waals surface area contributed by atoms with Crippen molar-refractivity contribution < 1.29 is 13.9 Å². The number of pyridine rings is 1. The van der Waals surface area contributed by atoms with Crippen LogP contribution in [0.15, 0.2) is 54.7 Å². The third-order valence-electron chi connectivity index (χ3n) is 5.69. The van der Waals surface area contributed by atoms with Crippen molar-refractivity contribution in [2.45, 2.75) is 19.3 Å². The molecule has 1 saturated heterocycles. The minimum Gasteiger partial charge on any atom is -0.494 e. The van der Waals surface area contributed by atoms with Gasteiger partial charge in [-0.25, -0.2) is 9.37 Å². The Kier molecular flexibility index (Phi) is 6.92. The predicted octanol–water partition coefficient (Wildman–Crippen LogP) is 5.07. The van der Waals surface area contributed by atoms with Gasteiger partial charge in [-0.15, -0.1) is 0 Å². The van der Waals surface area contributed by atoms with Crippen molar-refractivity contribution in [2.75, 3.05) is 42.8 Å². The van der Waals surface area contributed by atoms with Gasteiger partial charge in [0.2, 0.25) is 0 Å². The summed E-state index contributed by atoms with van der Waals surface area (Å²) in [6.45, 7) is 2.09. The molecule has 0 unspecified atom stereocenters. The van der Waals surface area contributed by atoms with Gasteiger partial charge in [0.1, 0.15) is 11.6 Å². The maximum atomic E-state index is 14.5. The first-order valence-electron chi connectivity index (χ1n) is 11.0. The monoisotopic (exact) mass is 449 g/mol. The zero-order chi connectivity index (χ0) is 23.2. The van der Waals surface area contributed by atoms with Crippen molar-refractivity contribution >= 4 is 34.5 Å². The van der Waals surface area contributed by atoms with Gasteiger partial charge in [-0.2, -0.15) is 0 Å². The molecule has 8 heteroatoms. The van der Waals surface area contributed by atoms with Crippen LogP contribution in [0.5, 0.6) is 5.75 Å². The molecule has 1 aliphatic heterocycles. The average molecular weight is 450 g/mol. The maximum Gasteiger partial charge on any atom is 0.253 e. The summed E-state index contributed by atoms with van der Waals surface area (Å²) < 4.78 is 20.1. The van der Waals surface area contributed by atoms with Crippen molar-refractivity contribution in [2.24, 2.45) is 0 Å². The van der Waals surface area contributed by atoms with Crippen molar-refractivity contribution in [1.29, 1.82) is 0 Å². The van der Waals surface area contributed by atoms with Crippen LogP contribution in [0.1, 0.15) is 29.6 Å². The van der Waals surface area contributed by atoms with Gasteiger partial charge in [0.25, 0.3) is 5.91 Å². The first-order valence-corrected chi connectivity index (χ1v) is 11.0. The lowest BCUT2D eigenvalue weighted by atomic mass is 10.1. The number of carbonyl (C=O) groups excluding carboxylic acids is 1. The fraction of sp³-hybridized carbons (Fsp3) is 0.280. The summed E-state index contributed by atoms with van der Waals surface area (Å²) in [6, 6.07) is 14.5. The molecule has 2 heterocycles. The van der Waals surface area contributed by atoms with E-state index in [2.05, 4.69) is 31.9 Å². The van der Waals surface area contributed by atoms with Crippen LogP contribution in [-0.4, -0.2) is 38.1 Å². The summed E-state index contributed by atoms with van der Waals surface area (Å²) in [7, 11) is 3.18. The molecule has 0 atom stereocenters. The van der Waals surface area contributed by atoms with E-state index >= 15 is 0 Å². The van der Waals surface area contributed by atoms with E-state index in [0.717, 1.165) is 30.7 Å². The Morgan fingerprint density at radius 3 is 2.55 bits per heavy atom. The standard InChI is InChI=1S/C25H28FN5O2/c1-27-25(32)18-8-4-5-9-20(18)29-22-15-24(28-16-19(22)26)30-21-11-10-17(14-23(21)33-2)31-12-6-3-7-13-31/h4-5,8-11,14-16H,3,6-7,12-13H2,1-2H3,(H,27,32)(H2,28,29,30). The van der Waals surface area contributed by atoms with Crippen LogP contribution in [0.4, 0.5) is 33.0 Å². The van der Waals surface area contributed by atoms with Crippen LogP contribution in [0.3, 0.4) is 0 Å². The molecule has 1 fully saturated rings. The number of ether oxygens (including phenoxy) is 1. The number of anilines is 5. The highest BCUT2D eigenvalue weighted by molar-refractivity contribution is 6.00. The molecule has 0 bridgehead atoms. The molecule has 1 aliphatic rings. The Morgan fingerprint density at radius 2 is 1.79 bits per heavy atom. The molecule has 1 aromatic heterocycles. The molecule has 4 rings (SSSR count). The molecular formula is C25H28FN5O2. The minimum absolute atomic E-state index is 0.202. The molecular weight excluding hydrogens is 421 g/mol. The molecule has 33 heavy (non-hydrogen) atoms. The van der Waals surface area contributed by atoms with Crippen LogP contribution in [0, 0.1) is 5.82 Å². The SMILES string of the molecule is CNC(=O)c1ccccc1Nc1cc(Nc2ccc(N3CCCCC3)cc2OC)ncc1F. The highest BCUT2D eigenvalue weighted by Crippen LogP contribution is 2.34. The van der Waals surface area contributed by atoms with E-state index in [-0.39, 0.29) is 11.6 Å². The van der Waals surface area contributed by atoms with Crippen molar-refractivity contribution in [1.82, 2.24) is 10.3 Å². The van der Waals surface area contributed by atoms with Gasteiger partial charge in [0.15, 0.2) is 5.82 Å². The van der Waals surface area contributed by atoms with E-state index in [9.17, 15) is 9.18 Å². The maximum absolute atomic E-state index is 14.5. The average Bonchev–Trinajstić information content (AvgIpc) is 2.86. The van der Waals surface area contributed by atoms with Crippen LogP contribution in [-0.2, 0) is 0 Å². The van der Waals surface area contributed by atoms with Gasteiger partial charge >= 0.3 is 0 Å². The smallest absolute Gasteiger partial charge is 0.253 e. The van der Waals surface area contributed by atoms with Crippen LogP contribution >= 0.6 is 0 Å². The van der Waals surface area contributed by atoms with Gasteiger partial charge in [0, 0.05) is 38.0 Å². The highest BCUT2D eigenvalue weighted by Gasteiger charge is 2.15. The molecule has 3 aromatic rings. The van der Waals surface area contributed by atoms with Crippen molar-refractivity contribution in [3.63, 3.8) is 0 Å². The number of methoxy groups -OCH3 is 1. The highest BCUT2D eigenvalue weighted by atomic mass is 19.1. The number of nitrogens with zero attached hydrogens (tertiary/aromatic N) is 2. The van der Waals surface area contributed by atoms with E-state index in [1.807, 2.05) is 12.1 Å². The summed E-state index contributed by atoms with van der Waals surface area (Å²) in [5.41, 5.74) is 2.97. The van der Waals surface area contributed by atoms with Crippen molar-refractivity contribution in [3.05, 3.63) is 66.1 Å². The van der Waals surface area contributed by atoms with Crippen LogP contribution in [0.25, 0.3) is 0 Å².